The summed E-state index contributed by atoms with van der Waals surface area (Å²) >= 11 is 7.89. The van der Waals surface area contributed by atoms with E-state index in [0.717, 1.165) is 29.7 Å². The summed E-state index contributed by atoms with van der Waals surface area (Å²) in [5.74, 6) is 1.62. The van der Waals surface area contributed by atoms with Crippen molar-refractivity contribution in [3.05, 3.63) is 64.7 Å². The SMILES string of the molecule is CCCCNC(=O)[C@H](CC)N(Cc1ccccc1Cl)C(=O)CSCc1ccc(OC)cc1. The maximum Gasteiger partial charge on any atom is 0.242 e. The number of nitrogens with zero attached hydrogens (tertiary/aromatic N) is 1. The van der Waals surface area contributed by atoms with Crippen LogP contribution in [0, 0.1) is 0 Å². The van der Waals surface area contributed by atoms with E-state index in [1.807, 2.05) is 49.4 Å². The quantitative estimate of drug-likeness (QED) is 0.398. The molecule has 0 aliphatic heterocycles. The van der Waals surface area contributed by atoms with Gasteiger partial charge in [0.15, 0.2) is 0 Å². The van der Waals surface area contributed by atoms with Crippen LogP contribution in [-0.4, -0.2) is 42.2 Å². The second-order valence-corrected chi connectivity index (χ2v) is 8.92. The van der Waals surface area contributed by atoms with E-state index >= 15 is 0 Å². The van der Waals surface area contributed by atoms with E-state index in [-0.39, 0.29) is 17.6 Å². The number of halogens is 1. The lowest BCUT2D eigenvalue weighted by atomic mass is 10.1. The van der Waals surface area contributed by atoms with Gasteiger partial charge in [0.2, 0.25) is 11.8 Å². The summed E-state index contributed by atoms with van der Waals surface area (Å²) in [4.78, 5) is 27.8. The molecule has 2 rings (SSSR count). The molecule has 1 atom stereocenters. The molecule has 0 aliphatic rings. The molecule has 2 aromatic rings. The summed E-state index contributed by atoms with van der Waals surface area (Å²) in [6, 6.07) is 14.7. The molecule has 2 amide bonds. The molecular weight excluding hydrogens is 444 g/mol. The first-order valence-corrected chi connectivity index (χ1v) is 12.5. The number of unbranched alkanes of at least 4 members (excludes halogenated alkanes) is 1. The lowest BCUT2D eigenvalue weighted by Gasteiger charge is -2.31. The fourth-order valence-corrected chi connectivity index (χ4v) is 4.36. The highest BCUT2D eigenvalue weighted by Crippen LogP contribution is 2.22. The second-order valence-electron chi connectivity index (χ2n) is 7.52. The smallest absolute Gasteiger partial charge is 0.242 e. The highest BCUT2D eigenvalue weighted by Gasteiger charge is 2.28. The number of methoxy groups -OCH3 is 1. The molecular formula is C25H33ClN2O3S. The predicted molar refractivity (Wildman–Crippen MR) is 133 cm³/mol. The van der Waals surface area contributed by atoms with E-state index in [1.54, 1.807) is 18.1 Å². The summed E-state index contributed by atoms with van der Waals surface area (Å²) in [5.41, 5.74) is 1.95. The van der Waals surface area contributed by atoms with Gasteiger partial charge >= 0.3 is 0 Å². The Morgan fingerprint density at radius 3 is 2.47 bits per heavy atom. The normalized spacial score (nSPS) is 11.6. The van der Waals surface area contributed by atoms with E-state index in [0.29, 0.717) is 30.3 Å². The van der Waals surface area contributed by atoms with Crippen molar-refractivity contribution in [1.29, 1.82) is 0 Å². The molecule has 32 heavy (non-hydrogen) atoms. The Labute approximate surface area is 200 Å². The number of amides is 2. The Kier molecular flexibility index (Phi) is 11.5. The zero-order valence-corrected chi connectivity index (χ0v) is 20.7. The minimum absolute atomic E-state index is 0.0686. The molecule has 174 valence electrons. The molecule has 0 heterocycles. The first-order chi connectivity index (χ1) is 15.5. The van der Waals surface area contributed by atoms with Gasteiger partial charge in [-0.25, -0.2) is 0 Å². The molecule has 0 bridgehead atoms. The minimum atomic E-state index is -0.530. The van der Waals surface area contributed by atoms with E-state index in [1.165, 1.54) is 11.8 Å². The molecule has 0 radical (unpaired) electrons. The third kappa shape index (κ3) is 8.06. The van der Waals surface area contributed by atoms with Gasteiger partial charge in [0, 0.05) is 23.9 Å². The van der Waals surface area contributed by atoms with Crippen molar-refractivity contribution in [1.82, 2.24) is 10.2 Å². The van der Waals surface area contributed by atoms with E-state index in [9.17, 15) is 9.59 Å². The molecule has 0 saturated carbocycles. The van der Waals surface area contributed by atoms with E-state index in [4.69, 9.17) is 16.3 Å². The standard InChI is InChI=1S/C25H33ClN2O3S/c1-4-6-15-27-25(30)23(5-2)28(16-20-9-7-8-10-22(20)26)24(29)18-32-17-19-11-13-21(31-3)14-12-19/h7-14,23H,4-6,15-18H2,1-3H3,(H,27,30)/t23-/m0/s1. The van der Waals surface area contributed by atoms with Gasteiger partial charge < -0.3 is 15.0 Å². The highest BCUT2D eigenvalue weighted by molar-refractivity contribution is 7.99. The largest absolute Gasteiger partial charge is 0.497 e. The van der Waals surface area contributed by atoms with Gasteiger partial charge in [-0.2, -0.15) is 0 Å². The fraction of sp³-hybridized carbons (Fsp3) is 0.440. The average Bonchev–Trinajstić information content (AvgIpc) is 2.80. The summed E-state index contributed by atoms with van der Waals surface area (Å²) in [7, 11) is 1.64. The Bertz CT molecular complexity index is 861. The van der Waals surface area contributed by atoms with Crippen LogP contribution in [-0.2, 0) is 21.9 Å². The van der Waals surface area contributed by atoms with Gasteiger partial charge in [-0.1, -0.05) is 62.2 Å². The van der Waals surface area contributed by atoms with Crippen LogP contribution in [0.1, 0.15) is 44.2 Å². The van der Waals surface area contributed by atoms with Gasteiger partial charge in [0.05, 0.1) is 12.9 Å². The molecule has 0 aliphatic carbocycles. The number of nitrogens with one attached hydrogen (secondary N) is 1. The van der Waals surface area contributed by atoms with Crippen LogP contribution in [0.15, 0.2) is 48.5 Å². The first kappa shape index (κ1) is 26.1. The Morgan fingerprint density at radius 1 is 1.12 bits per heavy atom. The van der Waals surface area contributed by atoms with Crippen molar-refractivity contribution < 1.29 is 14.3 Å². The number of hydrogen-bond donors (Lipinski definition) is 1. The third-order valence-corrected chi connectivity index (χ3v) is 6.52. The van der Waals surface area contributed by atoms with Crippen molar-refractivity contribution in [2.45, 2.75) is 51.4 Å². The number of rotatable bonds is 13. The Morgan fingerprint density at radius 2 is 1.84 bits per heavy atom. The summed E-state index contributed by atoms with van der Waals surface area (Å²) in [6.45, 7) is 4.94. The van der Waals surface area contributed by atoms with Crippen LogP contribution in [0.25, 0.3) is 0 Å². The molecule has 0 aromatic heterocycles. The summed E-state index contributed by atoms with van der Waals surface area (Å²) in [6.07, 6.45) is 2.46. The molecule has 5 nitrogen and oxygen atoms in total. The van der Waals surface area contributed by atoms with Gasteiger partial charge in [-0.3, -0.25) is 9.59 Å². The van der Waals surface area contributed by atoms with Crippen molar-refractivity contribution in [2.24, 2.45) is 0 Å². The van der Waals surface area contributed by atoms with Crippen molar-refractivity contribution in [3.8, 4) is 5.75 Å². The number of hydrogen-bond acceptors (Lipinski definition) is 4. The molecule has 0 saturated heterocycles. The zero-order chi connectivity index (χ0) is 23.3. The fourth-order valence-electron chi connectivity index (χ4n) is 3.30. The van der Waals surface area contributed by atoms with Crippen LogP contribution in [0.3, 0.4) is 0 Å². The maximum absolute atomic E-state index is 13.2. The molecule has 0 unspecified atom stereocenters. The molecule has 2 aromatic carbocycles. The zero-order valence-electron chi connectivity index (χ0n) is 19.1. The Balaban J connectivity index is 2.09. The van der Waals surface area contributed by atoms with Crippen molar-refractivity contribution in [3.63, 3.8) is 0 Å². The highest BCUT2D eigenvalue weighted by atomic mass is 35.5. The summed E-state index contributed by atoms with van der Waals surface area (Å²) in [5, 5.41) is 3.57. The third-order valence-electron chi connectivity index (χ3n) is 5.17. The first-order valence-electron chi connectivity index (χ1n) is 11.0. The van der Waals surface area contributed by atoms with Crippen LogP contribution < -0.4 is 10.1 Å². The van der Waals surface area contributed by atoms with Crippen molar-refractivity contribution >= 4 is 35.2 Å². The average molecular weight is 477 g/mol. The van der Waals surface area contributed by atoms with Gasteiger partial charge in [0.1, 0.15) is 11.8 Å². The molecule has 7 heteroatoms. The Hall–Kier alpha value is -2.18. The van der Waals surface area contributed by atoms with E-state index < -0.39 is 6.04 Å². The molecule has 0 spiro atoms. The number of thioether (sulfide) groups is 1. The number of carbonyl (C=O) groups is 2. The van der Waals surface area contributed by atoms with Gasteiger partial charge in [-0.15, -0.1) is 11.8 Å². The maximum atomic E-state index is 13.2. The number of carbonyl (C=O) groups excluding carboxylic acids is 2. The van der Waals surface area contributed by atoms with Gasteiger partial charge in [-0.05, 0) is 42.2 Å². The topological polar surface area (TPSA) is 58.6 Å². The number of benzene rings is 2. The van der Waals surface area contributed by atoms with Crippen LogP contribution in [0.5, 0.6) is 5.75 Å². The summed E-state index contributed by atoms with van der Waals surface area (Å²) < 4.78 is 5.19. The lowest BCUT2D eigenvalue weighted by molar-refractivity contribution is -0.139. The minimum Gasteiger partial charge on any atom is -0.497 e. The van der Waals surface area contributed by atoms with Gasteiger partial charge in [0.25, 0.3) is 0 Å². The van der Waals surface area contributed by atoms with Crippen LogP contribution >= 0.6 is 23.4 Å². The molecule has 1 N–H and O–H groups in total. The molecule has 0 fully saturated rings. The van der Waals surface area contributed by atoms with Crippen LogP contribution in [0.2, 0.25) is 5.02 Å². The van der Waals surface area contributed by atoms with Crippen molar-refractivity contribution in [2.75, 3.05) is 19.4 Å². The van der Waals surface area contributed by atoms with E-state index in [2.05, 4.69) is 12.2 Å². The predicted octanol–water partition coefficient (Wildman–Crippen LogP) is 5.31. The second kappa shape index (κ2) is 14.1. The monoisotopic (exact) mass is 476 g/mol. The lowest BCUT2D eigenvalue weighted by Crippen LogP contribution is -2.49. The van der Waals surface area contributed by atoms with Crippen LogP contribution in [0.4, 0.5) is 0 Å². The number of ether oxygens (including phenoxy) is 1.